The molecule has 0 saturated carbocycles. The smallest absolute Gasteiger partial charge is 0.239 e. The molecule has 1 unspecified atom stereocenters. The minimum Gasteiger partial charge on any atom is -0.360 e. The summed E-state index contributed by atoms with van der Waals surface area (Å²) in [5.41, 5.74) is 2.25. The summed E-state index contributed by atoms with van der Waals surface area (Å²) in [6, 6.07) is 8.77. The van der Waals surface area contributed by atoms with Crippen LogP contribution in [0.15, 0.2) is 29.3 Å². The number of benzene rings is 1. The first-order valence-electron chi connectivity index (χ1n) is 10.3. The van der Waals surface area contributed by atoms with Crippen molar-refractivity contribution in [1.29, 1.82) is 0 Å². The Kier molecular flexibility index (Phi) is 11.9. The molecule has 1 amide bonds. The second-order valence-corrected chi connectivity index (χ2v) is 7.17. The van der Waals surface area contributed by atoms with Crippen molar-refractivity contribution in [3.8, 4) is 0 Å². The number of hydrogen-bond acceptors (Lipinski definition) is 3. The van der Waals surface area contributed by atoms with Crippen molar-refractivity contribution in [2.45, 2.75) is 59.0 Å². The summed E-state index contributed by atoms with van der Waals surface area (Å²) in [5.74, 6) is 0.961. The van der Waals surface area contributed by atoms with Crippen LogP contribution < -0.4 is 20.9 Å². The van der Waals surface area contributed by atoms with Gasteiger partial charge in [-0.25, -0.2) is 4.99 Å². The number of anilines is 1. The van der Waals surface area contributed by atoms with Gasteiger partial charge in [-0.3, -0.25) is 4.79 Å². The highest BCUT2D eigenvalue weighted by Gasteiger charge is 2.16. The van der Waals surface area contributed by atoms with Gasteiger partial charge >= 0.3 is 0 Å². The number of amides is 1. The van der Waals surface area contributed by atoms with Crippen LogP contribution in [0, 0.1) is 0 Å². The Balaban J connectivity index is 0.00000392. The van der Waals surface area contributed by atoms with Crippen LogP contribution in [0.3, 0.4) is 0 Å². The minimum atomic E-state index is 0. The van der Waals surface area contributed by atoms with E-state index in [0.717, 1.165) is 36.7 Å². The number of carbonyl (C=O) groups is 1. The summed E-state index contributed by atoms with van der Waals surface area (Å²) < 4.78 is 0. The lowest BCUT2D eigenvalue weighted by molar-refractivity contribution is -0.120. The van der Waals surface area contributed by atoms with Crippen molar-refractivity contribution in [1.82, 2.24) is 16.0 Å². The number of halogens is 1. The van der Waals surface area contributed by atoms with Gasteiger partial charge in [0.2, 0.25) is 5.91 Å². The van der Waals surface area contributed by atoms with Crippen molar-refractivity contribution < 1.29 is 4.79 Å². The summed E-state index contributed by atoms with van der Waals surface area (Å²) >= 11 is 0. The zero-order chi connectivity index (χ0) is 19.5. The van der Waals surface area contributed by atoms with E-state index in [1.54, 1.807) is 0 Å². The molecule has 7 heteroatoms. The monoisotopic (exact) mass is 501 g/mol. The Bertz CT molecular complexity index is 605. The zero-order valence-electron chi connectivity index (χ0n) is 17.5. The van der Waals surface area contributed by atoms with E-state index in [1.807, 2.05) is 0 Å². The van der Waals surface area contributed by atoms with Crippen molar-refractivity contribution in [2.24, 2.45) is 4.99 Å². The molecule has 1 atom stereocenters. The minimum absolute atomic E-state index is 0. The molecule has 1 fully saturated rings. The number of nitrogens with one attached hydrogen (secondary N) is 3. The van der Waals surface area contributed by atoms with Crippen LogP contribution in [0.4, 0.5) is 5.69 Å². The fraction of sp³-hybridized carbons (Fsp3) is 0.619. The van der Waals surface area contributed by atoms with E-state index in [1.165, 1.54) is 19.3 Å². The maximum atomic E-state index is 11.5. The molecule has 0 radical (unpaired) electrons. The van der Waals surface area contributed by atoms with E-state index in [4.69, 9.17) is 4.99 Å². The predicted octanol–water partition coefficient (Wildman–Crippen LogP) is 3.26. The Labute approximate surface area is 187 Å². The van der Waals surface area contributed by atoms with Crippen molar-refractivity contribution in [3.63, 3.8) is 0 Å². The molecular formula is C21H36IN5O. The lowest BCUT2D eigenvalue weighted by Crippen LogP contribution is -2.47. The number of hydrogen-bond donors (Lipinski definition) is 3. The molecule has 1 aromatic rings. The normalized spacial score (nSPS) is 15.5. The fourth-order valence-corrected chi connectivity index (χ4v) is 3.17. The molecular weight excluding hydrogens is 465 g/mol. The van der Waals surface area contributed by atoms with Crippen LogP contribution in [-0.4, -0.2) is 44.1 Å². The molecule has 6 nitrogen and oxygen atoms in total. The molecule has 2 rings (SSSR count). The number of carbonyl (C=O) groups excluding carboxylic acids is 1. The van der Waals surface area contributed by atoms with Crippen molar-refractivity contribution in [2.75, 3.05) is 31.1 Å². The van der Waals surface area contributed by atoms with Gasteiger partial charge in [0.05, 0.1) is 13.1 Å². The summed E-state index contributed by atoms with van der Waals surface area (Å²) in [4.78, 5) is 18.4. The number of piperazine rings is 1. The predicted molar refractivity (Wildman–Crippen MR) is 129 cm³/mol. The lowest BCUT2D eigenvalue weighted by atomic mass is 10.1. The number of aliphatic imine (C=N–C) groups is 1. The van der Waals surface area contributed by atoms with Gasteiger partial charge in [0.15, 0.2) is 5.96 Å². The van der Waals surface area contributed by atoms with Crippen molar-refractivity contribution in [3.05, 3.63) is 29.8 Å². The highest BCUT2D eigenvalue weighted by atomic mass is 127. The fourth-order valence-electron chi connectivity index (χ4n) is 3.17. The standard InChI is InChI=1S/C21H35N5O.HI/c1-4-6-7-8-17(3)25-21(22-5-2)24-15-18-9-11-19(12-10-18)26-14-13-23-20(27)16-26;/h9-12,17H,4-8,13-16H2,1-3H3,(H,23,27)(H2,22,24,25);1H. The van der Waals surface area contributed by atoms with Crippen LogP contribution in [0.2, 0.25) is 0 Å². The highest BCUT2D eigenvalue weighted by Crippen LogP contribution is 2.16. The third-order valence-electron chi connectivity index (χ3n) is 4.73. The first-order chi connectivity index (χ1) is 13.1. The second kappa shape index (κ2) is 13.6. The van der Waals surface area contributed by atoms with E-state index in [2.05, 4.69) is 65.9 Å². The third kappa shape index (κ3) is 8.67. The van der Waals surface area contributed by atoms with Gasteiger partial charge in [-0.05, 0) is 38.0 Å². The van der Waals surface area contributed by atoms with Crippen molar-refractivity contribution >= 4 is 41.5 Å². The Morgan fingerprint density at radius 3 is 2.64 bits per heavy atom. The van der Waals surface area contributed by atoms with Crippen LogP contribution in [0.5, 0.6) is 0 Å². The van der Waals surface area contributed by atoms with Crippen LogP contribution in [-0.2, 0) is 11.3 Å². The first-order valence-corrected chi connectivity index (χ1v) is 10.3. The number of rotatable bonds is 9. The number of unbranched alkanes of at least 4 members (excludes halogenated alkanes) is 2. The molecule has 1 aromatic carbocycles. The summed E-state index contributed by atoms with van der Waals surface area (Å²) in [5, 5.41) is 9.69. The van der Waals surface area contributed by atoms with E-state index in [9.17, 15) is 4.79 Å². The Hall–Kier alpha value is -1.51. The van der Waals surface area contributed by atoms with Crippen LogP contribution in [0.1, 0.15) is 52.0 Å². The van der Waals surface area contributed by atoms with E-state index < -0.39 is 0 Å². The molecule has 1 aliphatic heterocycles. The molecule has 1 aliphatic rings. The summed E-state index contributed by atoms with van der Waals surface area (Å²) in [6.45, 7) is 10.0. The lowest BCUT2D eigenvalue weighted by Gasteiger charge is -2.28. The SMILES string of the molecule is CCCCCC(C)NC(=NCc1ccc(N2CCNC(=O)C2)cc1)NCC.I. The van der Waals surface area contributed by atoms with Crippen LogP contribution in [0.25, 0.3) is 0 Å². The molecule has 0 bridgehead atoms. The molecule has 0 aromatic heterocycles. The first kappa shape index (κ1) is 24.5. The average Bonchev–Trinajstić information content (AvgIpc) is 2.67. The summed E-state index contributed by atoms with van der Waals surface area (Å²) in [7, 11) is 0. The van der Waals surface area contributed by atoms with E-state index >= 15 is 0 Å². The Morgan fingerprint density at radius 2 is 2.00 bits per heavy atom. The molecule has 1 heterocycles. The molecule has 1 saturated heterocycles. The van der Waals surface area contributed by atoms with Crippen LogP contribution >= 0.6 is 24.0 Å². The maximum Gasteiger partial charge on any atom is 0.239 e. The highest BCUT2D eigenvalue weighted by molar-refractivity contribution is 14.0. The quantitative estimate of drug-likeness (QED) is 0.210. The third-order valence-corrected chi connectivity index (χ3v) is 4.73. The van der Waals surface area contributed by atoms with Gasteiger partial charge in [0.25, 0.3) is 0 Å². The average molecular weight is 501 g/mol. The van der Waals surface area contributed by atoms with Gasteiger partial charge in [0, 0.05) is 31.4 Å². The molecule has 3 N–H and O–H groups in total. The molecule has 0 aliphatic carbocycles. The van der Waals surface area contributed by atoms with Gasteiger partial charge in [-0.15, -0.1) is 24.0 Å². The van der Waals surface area contributed by atoms with E-state index in [0.29, 0.717) is 25.7 Å². The number of nitrogens with zero attached hydrogens (tertiary/aromatic N) is 2. The van der Waals surface area contributed by atoms with Gasteiger partial charge in [-0.1, -0.05) is 38.3 Å². The molecule has 0 spiro atoms. The second-order valence-electron chi connectivity index (χ2n) is 7.17. The number of guanidine groups is 1. The Morgan fingerprint density at radius 1 is 1.25 bits per heavy atom. The molecule has 28 heavy (non-hydrogen) atoms. The van der Waals surface area contributed by atoms with Gasteiger partial charge < -0.3 is 20.9 Å². The zero-order valence-corrected chi connectivity index (χ0v) is 19.8. The topological polar surface area (TPSA) is 68.8 Å². The maximum absolute atomic E-state index is 11.5. The van der Waals surface area contributed by atoms with Gasteiger partial charge in [-0.2, -0.15) is 0 Å². The summed E-state index contributed by atoms with van der Waals surface area (Å²) in [6.07, 6.45) is 4.94. The largest absolute Gasteiger partial charge is 0.360 e. The van der Waals surface area contributed by atoms with E-state index in [-0.39, 0.29) is 29.9 Å². The van der Waals surface area contributed by atoms with Gasteiger partial charge in [0.1, 0.15) is 0 Å². The molecule has 158 valence electrons.